The molecule has 0 bridgehead atoms. The Bertz CT molecular complexity index is 1090. The largest absolute Gasteiger partial charge is 0.338 e. The van der Waals surface area contributed by atoms with Crippen LogP contribution in [0.5, 0.6) is 0 Å². The Kier molecular flexibility index (Phi) is 7.14. The number of amides is 2. The molecule has 0 aromatic heterocycles. The normalized spacial score (nSPS) is 22.0. The molecule has 2 aromatic carbocycles. The summed E-state index contributed by atoms with van der Waals surface area (Å²) >= 11 is 0. The van der Waals surface area contributed by atoms with E-state index in [1.165, 1.54) is 12.1 Å². The number of carbonyl (C=O) groups is 2. The fraction of sp³-hybridized carbons (Fsp3) is 0.440. The fourth-order valence-corrected chi connectivity index (χ4v) is 6.36. The first kappa shape index (κ1) is 23.4. The molecule has 33 heavy (non-hydrogen) atoms. The molecule has 2 unspecified atom stereocenters. The molecule has 8 heteroatoms. The van der Waals surface area contributed by atoms with Crippen LogP contribution in [0.3, 0.4) is 0 Å². The zero-order chi connectivity index (χ0) is 23.4. The van der Waals surface area contributed by atoms with Crippen molar-refractivity contribution in [3.05, 3.63) is 60.2 Å². The Balaban J connectivity index is 1.42. The molecule has 2 aromatic rings. The molecule has 7 nitrogen and oxygen atoms in total. The lowest BCUT2D eigenvalue weighted by Crippen LogP contribution is -2.43. The Morgan fingerprint density at radius 2 is 1.64 bits per heavy atom. The van der Waals surface area contributed by atoms with Crippen LogP contribution in [-0.2, 0) is 14.8 Å². The molecule has 1 N–H and O–H groups in total. The van der Waals surface area contributed by atoms with Gasteiger partial charge in [-0.1, -0.05) is 24.6 Å². The number of piperidine rings is 2. The van der Waals surface area contributed by atoms with Crippen molar-refractivity contribution >= 4 is 27.5 Å². The van der Waals surface area contributed by atoms with Gasteiger partial charge in [-0.3, -0.25) is 9.59 Å². The van der Waals surface area contributed by atoms with Gasteiger partial charge in [0.15, 0.2) is 0 Å². The molecule has 2 aliphatic heterocycles. The first-order valence-corrected chi connectivity index (χ1v) is 13.1. The van der Waals surface area contributed by atoms with Crippen LogP contribution in [0.4, 0.5) is 5.69 Å². The lowest BCUT2D eigenvalue weighted by molar-refractivity contribution is -0.121. The zero-order valence-electron chi connectivity index (χ0n) is 18.9. The highest BCUT2D eigenvalue weighted by molar-refractivity contribution is 7.89. The van der Waals surface area contributed by atoms with Crippen molar-refractivity contribution in [1.29, 1.82) is 0 Å². The van der Waals surface area contributed by atoms with Gasteiger partial charge in [0.05, 0.1) is 10.8 Å². The molecule has 2 aliphatic rings. The van der Waals surface area contributed by atoms with Crippen molar-refractivity contribution in [2.75, 3.05) is 25.0 Å². The SMILES string of the molecule is CC1CCCCN1S(=O)(=O)c1ccc(C(=O)N2CCCC(C(=O)Nc3ccccc3)C2)cc1. The van der Waals surface area contributed by atoms with E-state index in [9.17, 15) is 18.0 Å². The summed E-state index contributed by atoms with van der Waals surface area (Å²) in [5.41, 5.74) is 1.18. The van der Waals surface area contributed by atoms with E-state index in [0.29, 0.717) is 25.2 Å². The second kappa shape index (κ2) is 10.1. The Labute approximate surface area is 195 Å². The van der Waals surface area contributed by atoms with E-state index in [-0.39, 0.29) is 28.7 Å². The van der Waals surface area contributed by atoms with Crippen molar-refractivity contribution < 1.29 is 18.0 Å². The smallest absolute Gasteiger partial charge is 0.253 e. The molecule has 0 saturated carbocycles. The van der Waals surface area contributed by atoms with Crippen LogP contribution in [0.25, 0.3) is 0 Å². The van der Waals surface area contributed by atoms with Crippen molar-refractivity contribution in [3.8, 4) is 0 Å². The quantitative estimate of drug-likeness (QED) is 0.723. The second-order valence-corrected chi connectivity index (χ2v) is 10.8. The Morgan fingerprint density at radius 3 is 2.33 bits per heavy atom. The number of para-hydroxylation sites is 1. The first-order valence-electron chi connectivity index (χ1n) is 11.6. The van der Waals surface area contributed by atoms with Crippen LogP contribution in [0.15, 0.2) is 59.5 Å². The molecular weight excluding hydrogens is 438 g/mol. The van der Waals surface area contributed by atoms with Crippen LogP contribution in [0.2, 0.25) is 0 Å². The van der Waals surface area contributed by atoms with Crippen molar-refractivity contribution in [3.63, 3.8) is 0 Å². The standard InChI is InChI=1S/C25H31N3O4S/c1-19-8-5-6-17-28(19)33(31,32)23-14-12-20(13-15-23)25(30)27-16-7-9-21(18-27)24(29)26-22-10-3-2-4-11-22/h2-4,10-15,19,21H,5-9,16-18H2,1H3,(H,26,29). The number of hydrogen-bond donors (Lipinski definition) is 1. The van der Waals surface area contributed by atoms with Gasteiger partial charge >= 0.3 is 0 Å². The van der Waals surface area contributed by atoms with Gasteiger partial charge in [-0.05, 0) is 69.0 Å². The number of carbonyl (C=O) groups excluding carboxylic acids is 2. The summed E-state index contributed by atoms with van der Waals surface area (Å²) in [7, 11) is -3.57. The summed E-state index contributed by atoms with van der Waals surface area (Å²) in [5, 5.41) is 2.92. The van der Waals surface area contributed by atoms with E-state index < -0.39 is 10.0 Å². The maximum absolute atomic E-state index is 13.1. The van der Waals surface area contributed by atoms with Crippen LogP contribution >= 0.6 is 0 Å². The first-order chi connectivity index (χ1) is 15.9. The fourth-order valence-electron chi connectivity index (χ4n) is 4.66. The molecule has 2 fully saturated rings. The van der Waals surface area contributed by atoms with Crippen LogP contribution < -0.4 is 5.32 Å². The van der Waals surface area contributed by atoms with Gasteiger partial charge in [-0.2, -0.15) is 4.31 Å². The third-order valence-corrected chi connectivity index (χ3v) is 8.60. The van der Waals surface area contributed by atoms with Gasteiger partial charge in [-0.15, -0.1) is 0 Å². The molecule has 2 heterocycles. The predicted octanol–water partition coefficient (Wildman–Crippen LogP) is 3.74. The summed E-state index contributed by atoms with van der Waals surface area (Å²) in [6.07, 6.45) is 4.25. The van der Waals surface area contributed by atoms with Gasteiger partial charge in [0, 0.05) is 36.9 Å². The summed E-state index contributed by atoms with van der Waals surface area (Å²) in [5.74, 6) is -0.540. The lowest BCUT2D eigenvalue weighted by atomic mass is 9.96. The number of benzene rings is 2. The summed E-state index contributed by atoms with van der Waals surface area (Å²) in [6.45, 7) is 3.40. The molecule has 2 amide bonds. The Morgan fingerprint density at radius 1 is 0.909 bits per heavy atom. The average Bonchev–Trinajstić information content (AvgIpc) is 2.84. The molecule has 2 saturated heterocycles. The van der Waals surface area contributed by atoms with E-state index in [4.69, 9.17) is 0 Å². The molecule has 176 valence electrons. The summed E-state index contributed by atoms with van der Waals surface area (Å²) in [6, 6.07) is 15.5. The van der Waals surface area contributed by atoms with Gasteiger partial charge in [0.25, 0.3) is 5.91 Å². The Hall–Kier alpha value is -2.71. The van der Waals surface area contributed by atoms with Crippen LogP contribution in [0.1, 0.15) is 49.4 Å². The van der Waals surface area contributed by atoms with Gasteiger partial charge in [0.2, 0.25) is 15.9 Å². The minimum atomic E-state index is -3.57. The third kappa shape index (κ3) is 5.28. The van der Waals surface area contributed by atoms with Gasteiger partial charge in [0.1, 0.15) is 0 Å². The average molecular weight is 470 g/mol. The number of nitrogens with one attached hydrogen (secondary N) is 1. The van der Waals surface area contributed by atoms with E-state index in [1.807, 2.05) is 37.3 Å². The molecular formula is C25H31N3O4S. The van der Waals surface area contributed by atoms with E-state index >= 15 is 0 Å². The minimum Gasteiger partial charge on any atom is -0.338 e. The minimum absolute atomic E-state index is 0.0163. The van der Waals surface area contributed by atoms with E-state index in [1.54, 1.807) is 21.3 Å². The molecule has 0 spiro atoms. The number of rotatable bonds is 5. The third-order valence-electron chi connectivity index (χ3n) is 6.57. The van der Waals surface area contributed by atoms with Crippen molar-refractivity contribution in [2.24, 2.45) is 5.92 Å². The number of hydrogen-bond acceptors (Lipinski definition) is 4. The molecule has 0 radical (unpaired) electrons. The summed E-state index contributed by atoms with van der Waals surface area (Å²) < 4.78 is 27.6. The highest BCUT2D eigenvalue weighted by Crippen LogP contribution is 2.26. The number of likely N-dealkylation sites (tertiary alicyclic amines) is 1. The lowest BCUT2D eigenvalue weighted by Gasteiger charge is -2.33. The zero-order valence-corrected chi connectivity index (χ0v) is 19.8. The molecule has 4 rings (SSSR count). The van der Waals surface area contributed by atoms with Crippen LogP contribution in [0, 0.1) is 5.92 Å². The number of nitrogens with zero attached hydrogens (tertiary/aromatic N) is 2. The maximum atomic E-state index is 13.1. The van der Waals surface area contributed by atoms with Gasteiger partial charge < -0.3 is 10.2 Å². The predicted molar refractivity (Wildman–Crippen MR) is 127 cm³/mol. The van der Waals surface area contributed by atoms with Crippen LogP contribution in [-0.4, -0.2) is 55.1 Å². The van der Waals surface area contributed by atoms with Gasteiger partial charge in [-0.25, -0.2) is 8.42 Å². The van der Waals surface area contributed by atoms with Crippen molar-refractivity contribution in [1.82, 2.24) is 9.21 Å². The topological polar surface area (TPSA) is 86.8 Å². The molecule has 2 atom stereocenters. The number of anilines is 1. The highest BCUT2D eigenvalue weighted by atomic mass is 32.2. The molecule has 0 aliphatic carbocycles. The van der Waals surface area contributed by atoms with E-state index in [0.717, 1.165) is 37.8 Å². The maximum Gasteiger partial charge on any atom is 0.253 e. The summed E-state index contributed by atoms with van der Waals surface area (Å²) in [4.78, 5) is 27.7. The van der Waals surface area contributed by atoms with Crippen molar-refractivity contribution in [2.45, 2.75) is 50.0 Å². The van der Waals surface area contributed by atoms with E-state index in [2.05, 4.69) is 5.32 Å². The monoisotopic (exact) mass is 469 g/mol. The second-order valence-electron chi connectivity index (χ2n) is 8.93. The highest BCUT2D eigenvalue weighted by Gasteiger charge is 2.32. The number of sulfonamides is 1.